The van der Waals surface area contributed by atoms with Gasteiger partial charge in [0.2, 0.25) is 5.95 Å². The van der Waals surface area contributed by atoms with Crippen LogP contribution in [-0.4, -0.2) is 46.5 Å². The van der Waals surface area contributed by atoms with Crippen LogP contribution in [0.2, 0.25) is 0 Å². The van der Waals surface area contributed by atoms with Gasteiger partial charge in [0.25, 0.3) is 0 Å². The number of rotatable bonds is 5. The van der Waals surface area contributed by atoms with Gasteiger partial charge in [0.15, 0.2) is 0 Å². The number of nitrogens with zero attached hydrogens (tertiary/aromatic N) is 4. The number of ether oxygens (including phenoxy) is 2. The van der Waals surface area contributed by atoms with Crippen molar-refractivity contribution in [3.63, 3.8) is 0 Å². The smallest absolute Gasteiger partial charge is 0.338 e. The number of hydrogen-bond donors (Lipinski definition) is 1. The van der Waals surface area contributed by atoms with Crippen LogP contribution in [0.3, 0.4) is 0 Å². The molecule has 120 valence electrons. The highest BCUT2D eigenvalue weighted by molar-refractivity contribution is 5.92. The van der Waals surface area contributed by atoms with Gasteiger partial charge < -0.3 is 14.8 Å². The molecule has 0 aliphatic carbocycles. The lowest BCUT2D eigenvalue weighted by molar-refractivity contribution is -0.140. The number of anilines is 1. The van der Waals surface area contributed by atoms with Gasteiger partial charge in [-0.05, 0) is 22.9 Å². The number of nitrogens with one attached hydrogen (secondary N) is 1. The minimum Gasteiger partial charge on any atom is -0.460 e. The topological polar surface area (TPSA) is 91.2 Å². The van der Waals surface area contributed by atoms with Crippen molar-refractivity contribution in [2.75, 3.05) is 25.6 Å². The molecule has 8 nitrogen and oxygen atoms in total. The van der Waals surface area contributed by atoms with E-state index < -0.39 is 12.0 Å². The molecule has 0 bridgehead atoms. The van der Waals surface area contributed by atoms with Crippen LogP contribution in [0.25, 0.3) is 0 Å². The molecule has 8 heteroatoms. The summed E-state index contributed by atoms with van der Waals surface area (Å²) in [6.45, 7) is 2.34. The van der Waals surface area contributed by atoms with E-state index >= 15 is 0 Å². The second-order valence-corrected chi connectivity index (χ2v) is 5.05. The number of hydrogen-bond acceptors (Lipinski definition) is 7. The number of carbonyl (C=O) groups is 1. The van der Waals surface area contributed by atoms with Crippen molar-refractivity contribution >= 4 is 11.9 Å². The Hall–Kier alpha value is -2.74. The Morgan fingerprint density at radius 1 is 1.30 bits per heavy atom. The second-order valence-electron chi connectivity index (χ2n) is 5.05. The first kappa shape index (κ1) is 15.2. The summed E-state index contributed by atoms with van der Waals surface area (Å²) in [5, 5.41) is 14.7. The molecule has 23 heavy (non-hydrogen) atoms. The quantitative estimate of drug-likeness (QED) is 0.653. The van der Waals surface area contributed by atoms with Gasteiger partial charge in [0, 0.05) is 12.8 Å². The summed E-state index contributed by atoms with van der Waals surface area (Å²) in [7, 11) is 1.56. The van der Waals surface area contributed by atoms with Crippen LogP contribution >= 0.6 is 0 Å². The average molecular weight is 315 g/mol. The zero-order chi connectivity index (χ0) is 16.2. The first-order valence-corrected chi connectivity index (χ1v) is 7.19. The van der Waals surface area contributed by atoms with Gasteiger partial charge in [-0.25, -0.2) is 4.79 Å². The van der Waals surface area contributed by atoms with E-state index in [9.17, 15) is 4.79 Å². The van der Waals surface area contributed by atoms with Crippen LogP contribution in [0.4, 0.5) is 5.95 Å². The Bertz CT molecular complexity index is 726. The van der Waals surface area contributed by atoms with E-state index in [1.807, 2.05) is 30.3 Å². The number of aromatic nitrogens is 4. The number of fused-ring (bicyclic) bond motifs is 1. The third kappa shape index (κ3) is 2.93. The lowest BCUT2D eigenvalue weighted by atomic mass is 9.96. The van der Waals surface area contributed by atoms with Gasteiger partial charge in [-0.3, -0.25) is 0 Å². The molecular formula is C15H17N5O3. The van der Waals surface area contributed by atoms with Crippen molar-refractivity contribution in [2.24, 2.45) is 0 Å². The molecule has 2 aromatic rings. The molecule has 1 aliphatic heterocycles. The Morgan fingerprint density at radius 2 is 2.09 bits per heavy atom. The fourth-order valence-corrected chi connectivity index (χ4v) is 2.52. The number of tetrazole rings is 1. The Labute approximate surface area is 133 Å². The monoisotopic (exact) mass is 315 g/mol. The average Bonchev–Trinajstić information content (AvgIpc) is 3.02. The highest BCUT2D eigenvalue weighted by Crippen LogP contribution is 2.34. The van der Waals surface area contributed by atoms with Crippen molar-refractivity contribution < 1.29 is 14.3 Å². The minimum absolute atomic E-state index is 0.191. The predicted octanol–water partition coefficient (Wildman–Crippen LogP) is 1.15. The molecule has 2 heterocycles. The predicted molar refractivity (Wildman–Crippen MR) is 81.6 cm³/mol. The highest BCUT2D eigenvalue weighted by atomic mass is 16.6. The molecule has 0 amide bonds. The van der Waals surface area contributed by atoms with Crippen molar-refractivity contribution in [3.05, 3.63) is 47.2 Å². The van der Waals surface area contributed by atoms with Crippen molar-refractivity contribution in [1.29, 1.82) is 0 Å². The third-order valence-electron chi connectivity index (χ3n) is 3.57. The SMILES string of the molecule is COCCOC(=O)C1=C(C)Nc2nnnn2[C@@H]1c1ccccc1. The Kier molecular flexibility index (Phi) is 4.33. The molecule has 0 unspecified atom stereocenters. The van der Waals surface area contributed by atoms with Gasteiger partial charge in [-0.2, -0.15) is 4.68 Å². The van der Waals surface area contributed by atoms with E-state index in [2.05, 4.69) is 20.8 Å². The van der Waals surface area contributed by atoms with E-state index in [1.54, 1.807) is 18.7 Å². The number of benzene rings is 1. The molecule has 0 radical (unpaired) electrons. The number of methoxy groups -OCH3 is 1. The highest BCUT2D eigenvalue weighted by Gasteiger charge is 2.34. The maximum Gasteiger partial charge on any atom is 0.338 e. The second kappa shape index (κ2) is 6.57. The summed E-state index contributed by atoms with van der Waals surface area (Å²) in [5.41, 5.74) is 2.05. The first-order chi connectivity index (χ1) is 11.2. The molecule has 1 atom stereocenters. The molecule has 1 aromatic heterocycles. The van der Waals surface area contributed by atoms with E-state index in [4.69, 9.17) is 9.47 Å². The van der Waals surface area contributed by atoms with Gasteiger partial charge in [0.05, 0.1) is 12.2 Å². The van der Waals surface area contributed by atoms with E-state index in [0.717, 1.165) is 5.56 Å². The summed E-state index contributed by atoms with van der Waals surface area (Å²) in [4.78, 5) is 12.5. The zero-order valence-corrected chi connectivity index (χ0v) is 12.9. The van der Waals surface area contributed by atoms with Crippen LogP contribution in [-0.2, 0) is 14.3 Å². The van der Waals surface area contributed by atoms with Gasteiger partial charge in [-0.1, -0.05) is 35.4 Å². The summed E-state index contributed by atoms with van der Waals surface area (Å²) in [5.74, 6) is 0.0758. The van der Waals surface area contributed by atoms with E-state index in [-0.39, 0.29) is 6.61 Å². The molecule has 0 fully saturated rings. The van der Waals surface area contributed by atoms with E-state index in [0.29, 0.717) is 23.8 Å². The molecular weight excluding hydrogens is 298 g/mol. The summed E-state index contributed by atoms with van der Waals surface area (Å²) >= 11 is 0. The van der Waals surface area contributed by atoms with Crippen molar-refractivity contribution in [2.45, 2.75) is 13.0 Å². The standard InChI is InChI=1S/C15H17N5O3/c1-10-12(14(21)23-9-8-22-2)13(11-6-4-3-5-7-11)20-15(16-10)17-18-19-20/h3-7,13H,8-9H2,1-2H3,(H,16,17,19)/t13-/m1/s1. The Balaban J connectivity index is 1.99. The van der Waals surface area contributed by atoms with Gasteiger partial charge in [0.1, 0.15) is 12.6 Å². The summed E-state index contributed by atoms with van der Waals surface area (Å²) < 4.78 is 11.8. The maximum atomic E-state index is 12.5. The van der Waals surface area contributed by atoms with Gasteiger partial charge in [-0.15, -0.1) is 0 Å². The molecule has 0 saturated carbocycles. The molecule has 1 N–H and O–H groups in total. The van der Waals surface area contributed by atoms with Crippen molar-refractivity contribution in [3.8, 4) is 0 Å². The minimum atomic E-state index is -0.433. The van der Waals surface area contributed by atoms with Crippen molar-refractivity contribution in [1.82, 2.24) is 20.2 Å². The number of esters is 1. The lowest BCUT2D eigenvalue weighted by Gasteiger charge is -2.27. The number of allylic oxidation sites excluding steroid dienone is 1. The summed E-state index contributed by atoms with van der Waals surface area (Å²) in [6.07, 6.45) is 0. The van der Waals surface area contributed by atoms with Crippen LogP contribution in [0.15, 0.2) is 41.6 Å². The molecule has 3 rings (SSSR count). The maximum absolute atomic E-state index is 12.5. The van der Waals surface area contributed by atoms with Crippen LogP contribution < -0.4 is 5.32 Å². The largest absolute Gasteiger partial charge is 0.460 e. The lowest BCUT2D eigenvalue weighted by Crippen LogP contribution is -2.30. The molecule has 0 spiro atoms. The van der Waals surface area contributed by atoms with Crippen LogP contribution in [0, 0.1) is 0 Å². The summed E-state index contributed by atoms with van der Waals surface area (Å²) in [6, 6.07) is 9.15. The van der Waals surface area contributed by atoms with E-state index in [1.165, 1.54) is 0 Å². The van der Waals surface area contributed by atoms with Gasteiger partial charge >= 0.3 is 5.97 Å². The Morgan fingerprint density at radius 3 is 2.83 bits per heavy atom. The van der Waals surface area contributed by atoms with Crippen LogP contribution in [0.5, 0.6) is 0 Å². The zero-order valence-electron chi connectivity index (χ0n) is 12.9. The first-order valence-electron chi connectivity index (χ1n) is 7.19. The molecule has 1 aliphatic rings. The molecule has 0 saturated heterocycles. The fourth-order valence-electron chi connectivity index (χ4n) is 2.52. The number of carbonyl (C=O) groups excluding carboxylic acids is 1. The van der Waals surface area contributed by atoms with Crippen LogP contribution in [0.1, 0.15) is 18.5 Å². The third-order valence-corrected chi connectivity index (χ3v) is 3.57. The normalized spacial score (nSPS) is 16.7. The molecule has 1 aromatic carbocycles. The fraction of sp³-hybridized carbons (Fsp3) is 0.333.